The van der Waals surface area contributed by atoms with Crippen LogP contribution in [0.2, 0.25) is 0 Å². The van der Waals surface area contributed by atoms with E-state index in [1.807, 2.05) is 4.68 Å². The molecule has 1 aromatic heterocycles. The summed E-state index contributed by atoms with van der Waals surface area (Å²) in [5.41, 5.74) is 2.36. The summed E-state index contributed by atoms with van der Waals surface area (Å²) in [6, 6.07) is 2.15. The monoisotopic (exact) mass is 238 g/mol. The fourth-order valence-electron chi connectivity index (χ4n) is 2.06. The van der Waals surface area contributed by atoms with E-state index in [4.69, 9.17) is 0 Å². The Bertz CT molecular complexity index is 386. The molecule has 0 spiro atoms. The Morgan fingerprint density at radius 3 is 2.94 bits per heavy atom. The number of ketones is 1. The number of rotatable bonds is 4. The molecule has 1 atom stereocenters. The van der Waals surface area contributed by atoms with E-state index in [0.29, 0.717) is 11.5 Å². The molecule has 0 N–H and O–H groups in total. The first-order valence-corrected chi connectivity index (χ1v) is 7.06. The second-order valence-electron chi connectivity index (χ2n) is 4.18. The van der Waals surface area contributed by atoms with Gasteiger partial charge in [0.1, 0.15) is 5.78 Å². The van der Waals surface area contributed by atoms with Crippen LogP contribution in [0.15, 0.2) is 6.07 Å². The lowest BCUT2D eigenvalue weighted by Crippen LogP contribution is -2.16. The minimum absolute atomic E-state index is 0.219. The zero-order valence-electron chi connectivity index (χ0n) is 9.90. The van der Waals surface area contributed by atoms with E-state index < -0.39 is 0 Å². The van der Waals surface area contributed by atoms with Crippen LogP contribution in [-0.4, -0.2) is 27.1 Å². The third-order valence-corrected chi connectivity index (χ3v) is 4.18. The first-order valence-electron chi connectivity index (χ1n) is 5.90. The van der Waals surface area contributed by atoms with Crippen LogP contribution in [0.25, 0.3) is 0 Å². The van der Waals surface area contributed by atoms with Crippen molar-refractivity contribution >= 4 is 17.5 Å². The Labute approximate surface area is 101 Å². The molecule has 1 aromatic rings. The molecule has 0 saturated carbocycles. The molecule has 1 aliphatic heterocycles. The fraction of sp³-hybridized carbons (Fsp3) is 0.667. The normalized spacial score (nSPS) is 20.6. The molecule has 1 saturated heterocycles. The fourth-order valence-corrected chi connectivity index (χ4v) is 3.21. The maximum atomic E-state index is 11.6. The standard InChI is InChI=1S/C12H18N2OS/c1-3-10-6-11(14(4-2)13-10)5-9-7-16-8-12(9)15/h6,9H,3-5,7-8H2,1-2H3. The summed E-state index contributed by atoms with van der Waals surface area (Å²) in [6.07, 6.45) is 1.83. The van der Waals surface area contributed by atoms with Gasteiger partial charge in [-0.25, -0.2) is 0 Å². The lowest BCUT2D eigenvalue weighted by molar-refractivity contribution is -0.119. The van der Waals surface area contributed by atoms with Gasteiger partial charge >= 0.3 is 0 Å². The smallest absolute Gasteiger partial charge is 0.147 e. The van der Waals surface area contributed by atoms with E-state index in [2.05, 4.69) is 25.0 Å². The number of aromatic nitrogens is 2. The third kappa shape index (κ3) is 2.32. The minimum Gasteiger partial charge on any atom is -0.298 e. The van der Waals surface area contributed by atoms with Crippen molar-refractivity contribution in [2.45, 2.75) is 33.2 Å². The molecule has 0 amide bonds. The van der Waals surface area contributed by atoms with E-state index in [9.17, 15) is 4.79 Å². The molecule has 0 aliphatic carbocycles. The summed E-state index contributed by atoms with van der Waals surface area (Å²) in [4.78, 5) is 11.6. The highest BCUT2D eigenvalue weighted by molar-refractivity contribution is 8.00. The Morgan fingerprint density at radius 1 is 1.56 bits per heavy atom. The number of carbonyl (C=O) groups excluding carboxylic acids is 1. The van der Waals surface area contributed by atoms with Crippen LogP contribution in [0.1, 0.15) is 25.2 Å². The lowest BCUT2D eigenvalue weighted by atomic mass is 10.0. The van der Waals surface area contributed by atoms with Crippen LogP contribution in [0, 0.1) is 5.92 Å². The van der Waals surface area contributed by atoms with Gasteiger partial charge in [-0.1, -0.05) is 6.92 Å². The quantitative estimate of drug-likeness (QED) is 0.804. The van der Waals surface area contributed by atoms with Gasteiger partial charge in [0.15, 0.2) is 0 Å². The van der Waals surface area contributed by atoms with E-state index in [-0.39, 0.29) is 5.92 Å². The zero-order chi connectivity index (χ0) is 11.5. The highest BCUT2D eigenvalue weighted by atomic mass is 32.2. The highest BCUT2D eigenvalue weighted by Gasteiger charge is 2.26. The third-order valence-electron chi connectivity index (χ3n) is 3.05. The van der Waals surface area contributed by atoms with Gasteiger partial charge in [0.2, 0.25) is 0 Å². The minimum atomic E-state index is 0.219. The average Bonchev–Trinajstić information content (AvgIpc) is 2.86. The predicted octanol–water partition coefficient (Wildman–Crippen LogP) is 1.94. The first-order chi connectivity index (χ1) is 7.74. The molecular formula is C12H18N2OS. The molecule has 2 heterocycles. The van der Waals surface area contributed by atoms with Crippen molar-refractivity contribution in [2.24, 2.45) is 5.92 Å². The van der Waals surface area contributed by atoms with Gasteiger partial charge in [-0.15, -0.1) is 0 Å². The van der Waals surface area contributed by atoms with Gasteiger partial charge in [-0.2, -0.15) is 16.9 Å². The van der Waals surface area contributed by atoms with Crippen LogP contribution in [0.3, 0.4) is 0 Å². The van der Waals surface area contributed by atoms with Gasteiger partial charge in [0, 0.05) is 23.9 Å². The van der Waals surface area contributed by atoms with Crippen molar-refractivity contribution in [1.29, 1.82) is 0 Å². The van der Waals surface area contributed by atoms with Crippen molar-refractivity contribution in [3.8, 4) is 0 Å². The maximum absolute atomic E-state index is 11.6. The Kier molecular flexibility index (Phi) is 3.69. The van der Waals surface area contributed by atoms with Crippen LogP contribution in [-0.2, 0) is 24.2 Å². The van der Waals surface area contributed by atoms with Crippen molar-refractivity contribution in [3.05, 3.63) is 17.5 Å². The zero-order valence-corrected chi connectivity index (χ0v) is 10.7. The molecule has 3 nitrogen and oxygen atoms in total. The molecule has 1 aliphatic rings. The summed E-state index contributed by atoms with van der Waals surface area (Å²) in [6.45, 7) is 5.10. The summed E-state index contributed by atoms with van der Waals surface area (Å²) in [5, 5.41) is 4.51. The molecule has 1 fully saturated rings. The van der Waals surface area contributed by atoms with Gasteiger partial charge in [0.05, 0.1) is 11.4 Å². The van der Waals surface area contributed by atoms with E-state index in [0.717, 1.165) is 30.8 Å². The van der Waals surface area contributed by atoms with Gasteiger partial charge < -0.3 is 0 Å². The predicted molar refractivity (Wildman–Crippen MR) is 66.8 cm³/mol. The number of Topliss-reactive ketones (excluding diaryl/α,β-unsaturated/α-hetero) is 1. The molecule has 0 bridgehead atoms. The summed E-state index contributed by atoms with van der Waals surface area (Å²) < 4.78 is 2.04. The molecule has 88 valence electrons. The second kappa shape index (κ2) is 5.04. The SMILES string of the molecule is CCc1cc(CC2CSCC2=O)n(CC)n1. The Balaban J connectivity index is 2.13. The average molecular weight is 238 g/mol. The topological polar surface area (TPSA) is 34.9 Å². The maximum Gasteiger partial charge on any atom is 0.147 e. The summed E-state index contributed by atoms with van der Waals surface area (Å²) in [7, 11) is 0. The summed E-state index contributed by atoms with van der Waals surface area (Å²) >= 11 is 1.76. The molecule has 4 heteroatoms. The molecule has 2 rings (SSSR count). The Hall–Kier alpha value is -0.770. The lowest BCUT2D eigenvalue weighted by Gasteiger charge is -2.08. The second-order valence-corrected chi connectivity index (χ2v) is 5.21. The van der Waals surface area contributed by atoms with Crippen molar-refractivity contribution < 1.29 is 4.79 Å². The van der Waals surface area contributed by atoms with Gasteiger partial charge in [0.25, 0.3) is 0 Å². The number of hydrogen-bond acceptors (Lipinski definition) is 3. The number of nitrogens with zero attached hydrogens (tertiary/aromatic N) is 2. The van der Waals surface area contributed by atoms with Crippen molar-refractivity contribution in [1.82, 2.24) is 9.78 Å². The molecular weight excluding hydrogens is 220 g/mol. The van der Waals surface area contributed by atoms with Crippen LogP contribution < -0.4 is 0 Å². The first kappa shape index (κ1) is 11.7. The van der Waals surface area contributed by atoms with E-state index >= 15 is 0 Å². The van der Waals surface area contributed by atoms with Crippen LogP contribution in [0.5, 0.6) is 0 Å². The molecule has 0 radical (unpaired) electrons. The molecule has 0 aromatic carbocycles. The van der Waals surface area contributed by atoms with Crippen molar-refractivity contribution in [2.75, 3.05) is 11.5 Å². The highest BCUT2D eigenvalue weighted by Crippen LogP contribution is 2.24. The van der Waals surface area contributed by atoms with Gasteiger partial charge in [-0.3, -0.25) is 9.48 Å². The number of thioether (sulfide) groups is 1. The number of hydrogen-bond donors (Lipinski definition) is 0. The van der Waals surface area contributed by atoms with E-state index in [1.54, 1.807) is 11.8 Å². The largest absolute Gasteiger partial charge is 0.298 e. The van der Waals surface area contributed by atoms with Crippen LogP contribution >= 0.6 is 11.8 Å². The summed E-state index contributed by atoms with van der Waals surface area (Å²) in [5.74, 6) is 2.31. The molecule has 16 heavy (non-hydrogen) atoms. The van der Waals surface area contributed by atoms with E-state index in [1.165, 1.54) is 5.69 Å². The van der Waals surface area contributed by atoms with Crippen LogP contribution in [0.4, 0.5) is 0 Å². The van der Waals surface area contributed by atoms with Crippen molar-refractivity contribution in [3.63, 3.8) is 0 Å². The number of carbonyl (C=O) groups is 1. The Morgan fingerprint density at radius 2 is 2.38 bits per heavy atom. The number of aryl methyl sites for hydroxylation is 2. The molecule has 1 unspecified atom stereocenters. The van der Waals surface area contributed by atoms with Gasteiger partial charge in [-0.05, 0) is 25.8 Å².